The van der Waals surface area contributed by atoms with Crippen molar-refractivity contribution >= 4 is 17.0 Å². The van der Waals surface area contributed by atoms with Gasteiger partial charge in [-0.05, 0) is 35.9 Å². The normalized spacial score (nSPS) is 10.6. The van der Waals surface area contributed by atoms with Crippen molar-refractivity contribution in [3.63, 3.8) is 0 Å². The Morgan fingerprint density at radius 3 is 2.60 bits per heavy atom. The number of fused-ring (bicyclic) bond motifs is 1. The highest BCUT2D eigenvalue weighted by atomic mass is 16.4. The second-order valence-electron chi connectivity index (χ2n) is 4.34. The summed E-state index contributed by atoms with van der Waals surface area (Å²) < 4.78 is 0. The summed E-state index contributed by atoms with van der Waals surface area (Å²) in [4.78, 5) is 29.6. The van der Waals surface area contributed by atoms with Crippen molar-refractivity contribution in [2.24, 2.45) is 0 Å². The van der Waals surface area contributed by atoms with E-state index in [4.69, 9.17) is 5.11 Å². The third kappa shape index (κ3) is 2.05. The molecule has 1 aromatic carbocycles. The molecule has 20 heavy (non-hydrogen) atoms. The van der Waals surface area contributed by atoms with Crippen LogP contribution in [0.25, 0.3) is 22.2 Å². The zero-order valence-corrected chi connectivity index (χ0v) is 10.3. The molecule has 0 aliphatic heterocycles. The maximum atomic E-state index is 12.0. The Balaban J connectivity index is 2.16. The summed E-state index contributed by atoms with van der Waals surface area (Å²) in [5.41, 5.74) is 1.62. The molecule has 0 fully saturated rings. The van der Waals surface area contributed by atoms with Gasteiger partial charge in [0, 0.05) is 17.1 Å². The molecule has 0 saturated carbocycles. The zero-order valence-electron chi connectivity index (χ0n) is 10.3. The van der Waals surface area contributed by atoms with E-state index in [2.05, 4.69) is 9.97 Å². The number of H-pyrrole nitrogens is 1. The molecule has 0 aliphatic rings. The molecule has 0 saturated heterocycles. The maximum absolute atomic E-state index is 12.0. The number of hydrogen-bond donors (Lipinski definition) is 2. The fourth-order valence-corrected chi connectivity index (χ4v) is 2.04. The molecule has 2 heterocycles. The summed E-state index contributed by atoms with van der Waals surface area (Å²) in [6, 6.07) is 11.6. The highest BCUT2D eigenvalue weighted by molar-refractivity contribution is 5.88. The van der Waals surface area contributed by atoms with Gasteiger partial charge in [0.2, 0.25) is 0 Å². The van der Waals surface area contributed by atoms with Gasteiger partial charge in [-0.1, -0.05) is 12.1 Å². The molecule has 0 bridgehead atoms. The lowest BCUT2D eigenvalue weighted by molar-refractivity contribution is 0.0697. The van der Waals surface area contributed by atoms with Gasteiger partial charge in [0.15, 0.2) is 0 Å². The van der Waals surface area contributed by atoms with E-state index >= 15 is 0 Å². The first-order chi connectivity index (χ1) is 9.65. The SMILES string of the molecule is O=C(O)c1ccc(-c2cc3cccnc3[nH]c2=O)cc1. The molecular formula is C15H10N2O3. The fraction of sp³-hybridized carbons (Fsp3) is 0. The summed E-state index contributed by atoms with van der Waals surface area (Å²) in [5, 5.41) is 9.69. The number of aromatic carboxylic acids is 1. The van der Waals surface area contributed by atoms with Crippen molar-refractivity contribution in [2.75, 3.05) is 0 Å². The van der Waals surface area contributed by atoms with E-state index < -0.39 is 5.97 Å². The minimum Gasteiger partial charge on any atom is -0.478 e. The van der Waals surface area contributed by atoms with Gasteiger partial charge < -0.3 is 10.1 Å². The number of carboxylic acid groups (broad SMARTS) is 1. The molecular weight excluding hydrogens is 256 g/mol. The van der Waals surface area contributed by atoms with Crippen LogP contribution in [-0.4, -0.2) is 21.0 Å². The molecule has 0 unspecified atom stereocenters. The minimum absolute atomic E-state index is 0.188. The van der Waals surface area contributed by atoms with Crippen LogP contribution in [0.1, 0.15) is 10.4 Å². The Bertz CT molecular complexity index is 851. The summed E-state index contributed by atoms with van der Waals surface area (Å²) in [6.45, 7) is 0. The van der Waals surface area contributed by atoms with Crippen LogP contribution in [0.4, 0.5) is 0 Å². The lowest BCUT2D eigenvalue weighted by atomic mass is 10.0. The van der Waals surface area contributed by atoms with Crippen LogP contribution in [0.3, 0.4) is 0 Å². The number of pyridine rings is 2. The summed E-state index contributed by atoms with van der Waals surface area (Å²) in [7, 11) is 0. The maximum Gasteiger partial charge on any atom is 0.335 e. The highest BCUT2D eigenvalue weighted by Gasteiger charge is 2.07. The number of nitrogens with one attached hydrogen (secondary N) is 1. The van der Waals surface area contributed by atoms with Gasteiger partial charge in [-0.2, -0.15) is 0 Å². The Morgan fingerprint density at radius 2 is 1.90 bits per heavy atom. The molecule has 5 heteroatoms. The first-order valence-corrected chi connectivity index (χ1v) is 5.97. The van der Waals surface area contributed by atoms with Crippen molar-refractivity contribution < 1.29 is 9.90 Å². The smallest absolute Gasteiger partial charge is 0.335 e. The highest BCUT2D eigenvalue weighted by Crippen LogP contribution is 2.19. The Hall–Kier alpha value is -2.95. The second-order valence-corrected chi connectivity index (χ2v) is 4.34. The van der Waals surface area contributed by atoms with Gasteiger partial charge in [0.1, 0.15) is 5.65 Å². The van der Waals surface area contributed by atoms with Crippen molar-refractivity contribution in [2.45, 2.75) is 0 Å². The summed E-state index contributed by atoms with van der Waals surface area (Å²) in [5.74, 6) is -0.992. The number of aromatic nitrogens is 2. The molecule has 0 radical (unpaired) electrons. The Kier molecular flexibility index (Phi) is 2.80. The van der Waals surface area contributed by atoms with Crippen molar-refractivity contribution in [1.29, 1.82) is 0 Å². The van der Waals surface area contributed by atoms with E-state index in [1.165, 1.54) is 12.1 Å². The van der Waals surface area contributed by atoms with E-state index in [1.54, 1.807) is 30.5 Å². The van der Waals surface area contributed by atoms with Crippen molar-refractivity contribution in [1.82, 2.24) is 9.97 Å². The van der Waals surface area contributed by atoms with E-state index in [9.17, 15) is 9.59 Å². The van der Waals surface area contributed by atoms with E-state index in [0.29, 0.717) is 16.8 Å². The Labute approximate surface area is 113 Å². The number of carboxylic acids is 1. The molecule has 2 N–H and O–H groups in total. The van der Waals surface area contributed by atoms with Gasteiger partial charge in [-0.25, -0.2) is 9.78 Å². The predicted octanol–water partition coefficient (Wildman–Crippen LogP) is 2.29. The zero-order chi connectivity index (χ0) is 14.1. The standard InChI is InChI=1S/C15H10N2O3/c18-14-12(8-11-2-1-7-16-13(11)17-14)9-3-5-10(6-4-9)15(19)20/h1-8H,(H,19,20)(H,16,17,18). The van der Waals surface area contributed by atoms with E-state index in [-0.39, 0.29) is 11.1 Å². The summed E-state index contributed by atoms with van der Waals surface area (Å²) >= 11 is 0. The molecule has 2 aromatic heterocycles. The van der Waals surface area contributed by atoms with Crippen LogP contribution in [0, 0.1) is 0 Å². The molecule has 0 amide bonds. The van der Waals surface area contributed by atoms with Gasteiger partial charge in [-0.3, -0.25) is 4.79 Å². The van der Waals surface area contributed by atoms with Crippen LogP contribution in [-0.2, 0) is 0 Å². The average Bonchev–Trinajstić information content (AvgIpc) is 2.46. The van der Waals surface area contributed by atoms with Crippen LogP contribution in [0.15, 0.2) is 53.5 Å². The number of rotatable bonds is 2. The molecule has 98 valence electrons. The number of nitrogens with zero attached hydrogens (tertiary/aromatic N) is 1. The molecule has 0 spiro atoms. The lowest BCUT2D eigenvalue weighted by Crippen LogP contribution is -2.09. The first kappa shape index (κ1) is 12.1. The van der Waals surface area contributed by atoms with Crippen molar-refractivity contribution in [3.05, 3.63) is 64.6 Å². The molecule has 3 rings (SSSR count). The molecule has 0 aliphatic carbocycles. The fourth-order valence-electron chi connectivity index (χ4n) is 2.04. The number of hydrogen-bond acceptors (Lipinski definition) is 3. The van der Waals surface area contributed by atoms with Gasteiger partial charge >= 0.3 is 5.97 Å². The predicted molar refractivity (Wildman–Crippen MR) is 74.8 cm³/mol. The topological polar surface area (TPSA) is 83.0 Å². The van der Waals surface area contributed by atoms with Gasteiger partial charge in [0.25, 0.3) is 5.56 Å². The van der Waals surface area contributed by atoms with Crippen LogP contribution in [0.5, 0.6) is 0 Å². The third-order valence-corrected chi connectivity index (χ3v) is 3.06. The minimum atomic E-state index is -0.992. The quantitative estimate of drug-likeness (QED) is 0.745. The Morgan fingerprint density at radius 1 is 1.15 bits per heavy atom. The number of benzene rings is 1. The van der Waals surface area contributed by atoms with Crippen LogP contribution in [0.2, 0.25) is 0 Å². The third-order valence-electron chi connectivity index (χ3n) is 3.06. The monoisotopic (exact) mass is 266 g/mol. The van der Waals surface area contributed by atoms with Crippen LogP contribution < -0.4 is 5.56 Å². The van der Waals surface area contributed by atoms with Gasteiger partial charge in [0.05, 0.1) is 5.56 Å². The number of carbonyl (C=O) groups is 1. The molecule has 5 nitrogen and oxygen atoms in total. The first-order valence-electron chi connectivity index (χ1n) is 5.97. The molecule has 0 atom stereocenters. The number of aromatic amines is 1. The summed E-state index contributed by atoms with van der Waals surface area (Å²) in [6.07, 6.45) is 1.61. The largest absolute Gasteiger partial charge is 0.478 e. The van der Waals surface area contributed by atoms with Gasteiger partial charge in [-0.15, -0.1) is 0 Å². The molecule has 3 aromatic rings. The van der Waals surface area contributed by atoms with E-state index in [0.717, 1.165) is 5.39 Å². The average molecular weight is 266 g/mol. The second kappa shape index (κ2) is 4.62. The van der Waals surface area contributed by atoms with Crippen LogP contribution >= 0.6 is 0 Å². The van der Waals surface area contributed by atoms with E-state index in [1.807, 2.05) is 6.07 Å². The lowest BCUT2D eigenvalue weighted by Gasteiger charge is -2.03. The van der Waals surface area contributed by atoms with Crippen molar-refractivity contribution in [3.8, 4) is 11.1 Å².